The minimum Gasteiger partial charge on any atom is -0.337 e. The second-order valence-corrected chi connectivity index (χ2v) is 5.40. The topological polar surface area (TPSA) is 64.9 Å². The third-order valence-electron chi connectivity index (χ3n) is 2.58. The number of nitrogens with zero attached hydrogens (tertiary/aromatic N) is 2. The molecule has 4 nitrogen and oxygen atoms in total. The number of rotatable bonds is 4. The largest absolute Gasteiger partial charge is 0.337 e. The van der Waals surface area contributed by atoms with Crippen LogP contribution in [0.25, 0.3) is 11.4 Å². The Balaban J connectivity index is 2.19. The summed E-state index contributed by atoms with van der Waals surface area (Å²) in [7, 11) is 0. The SMILES string of the molecule is Cc1cscc1-c1noc([C@@H](N)CC(C)C)n1. The van der Waals surface area contributed by atoms with Crippen LogP contribution in [0, 0.1) is 12.8 Å². The minimum absolute atomic E-state index is 0.171. The first-order chi connectivity index (χ1) is 8.08. The first kappa shape index (κ1) is 12.3. The van der Waals surface area contributed by atoms with Crippen LogP contribution in [0.2, 0.25) is 0 Å². The van der Waals surface area contributed by atoms with Gasteiger partial charge in [0.1, 0.15) is 0 Å². The molecule has 0 aromatic carbocycles. The lowest BCUT2D eigenvalue weighted by Gasteiger charge is -2.08. The van der Waals surface area contributed by atoms with Crippen LogP contribution in [0.3, 0.4) is 0 Å². The fourth-order valence-electron chi connectivity index (χ4n) is 1.69. The van der Waals surface area contributed by atoms with Gasteiger partial charge in [-0.25, -0.2) is 0 Å². The Morgan fingerprint density at radius 3 is 2.76 bits per heavy atom. The normalized spacial score (nSPS) is 13.2. The van der Waals surface area contributed by atoms with Crippen LogP contribution >= 0.6 is 11.3 Å². The van der Waals surface area contributed by atoms with E-state index in [0.717, 1.165) is 12.0 Å². The van der Waals surface area contributed by atoms with Crippen molar-refractivity contribution in [3.63, 3.8) is 0 Å². The highest BCUT2D eigenvalue weighted by Gasteiger charge is 2.17. The van der Waals surface area contributed by atoms with E-state index in [0.29, 0.717) is 17.6 Å². The van der Waals surface area contributed by atoms with E-state index in [9.17, 15) is 0 Å². The molecule has 0 aliphatic rings. The Kier molecular flexibility index (Phi) is 3.59. The van der Waals surface area contributed by atoms with Crippen molar-refractivity contribution in [1.82, 2.24) is 10.1 Å². The molecule has 2 rings (SSSR count). The molecule has 0 unspecified atom stereocenters. The average Bonchev–Trinajstić information content (AvgIpc) is 2.84. The van der Waals surface area contributed by atoms with Crippen molar-refractivity contribution in [2.75, 3.05) is 0 Å². The van der Waals surface area contributed by atoms with E-state index in [-0.39, 0.29) is 6.04 Å². The highest BCUT2D eigenvalue weighted by atomic mass is 32.1. The van der Waals surface area contributed by atoms with Crippen LogP contribution in [0.4, 0.5) is 0 Å². The smallest absolute Gasteiger partial charge is 0.243 e. The molecule has 17 heavy (non-hydrogen) atoms. The van der Waals surface area contributed by atoms with Crippen molar-refractivity contribution in [3.05, 3.63) is 22.2 Å². The maximum atomic E-state index is 6.01. The molecule has 0 fully saturated rings. The van der Waals surface area contributed by atoms with Crippen molar-refractivity contribution in [1.29, 1.82) is 0 Å². The first-order valence-corrected chi connectivity index (χ1v) is 6.64. The number of hydrogen-bond donors (Lipinski definition) is 1. The van der Waals surface area contributed by atoms with Crippen molar-refractivity contribution in [2.24, 2.45) is 11.7 Å². The summed E-state index contributed by atoms with van der Waals surface area (Å²) < 4.78 is 5.22. The van der Waals surface area contributed by atoms with Crippen LogP contribution in [0.5, 0.6) is 0 Å². The second-order valence-electron chi connectivity index (χ2n) is 4.66. The van der Waals surface area contributed by atoms with Gasteiger partial charge >= 0.3 is 0 Å². The first-order valence-electron chi connectivity index (χ1n) is 5.70. The number of thiophene rings is 1. The molecule has 0 spiro atoms. The number of aryl methyl sites for hydroxylation is 1. The average molecular weight is 251 g/mol. The summed E-state index contributed by atoms with van der Waals surface area (Å²) in [6.45, 7) is 6.29. The van der Waals surface area contributed by atoms with Gasteiger partial charge in [-0.1, -0.05) is 19.0 Å². The van der Waals surface area contributed by atoms with E-state index in [4.69, 9.17) is 10.3 Å². The van der Waals surface area contributed by atoms with Crippen LogP contribution in [-0.2, 0) is 0 Å². The van der Waals surface area contributed by atoms with E-state index >= 15 is 0 Å². The van der Waals surface area contributed by atoms with E-state index in [1.54, 1.807) is 11.3 Å². The van der Waals surface area contributed by atoms with Crippen molar-refractivity contribution in [2.45, 2.75) is 33.2 Å². The molecule has 0 aliphatic carbocycles. The maximum absolute atomic E-state index is 6.01. The molecule has 92 valence electrons. The molecule has 2 aromatic heterocycles. The van der Waals surface area contributed by atoms with Gasteiger partial charge < -0.3 is 10.3 Å². The Morgan fingerprint density at radius 2 is 2.18 bits per heavy atom. The molecule has 0 bridgehead atoms. The van der Waals surface area contributed by atoms with E-state index in [1.165, 1.54) is 5.56 Å². The summed E-state index contributed by atoms with van der Waals surface area (Å²) in [5, 5.41) is 8.08. The summed E-state index contributed by atoms with van der Waals surface area (Å²) in [5.41, 5.74) is 8.20. The number of hydrogen-bond acceptors (Lipinski definition) is 5. The van der Waals surface area contributed by atoms with Gasteiger partial charge in [0.25, 0.3) is 0 Å². The fourth-order valence-corrected chi connectivity index (χ4v) is 2.52. The van der Waals surface area contributed by atoms with Crippen LogP contribution in [0.1, 0.15) is 37.8 Å². The molecule has 0 radical (unpaired) electrons. The van der Waals surface area contributed by atoms with E-state index in [1.807, 2.05) is 12.3 Å². The lowest BCUT2D eigenvalue weighted by molar-refractivity contribution is 0.335. The molecule has 2 N–H and O–H groups in total. The van der Waals surface area contributed by atoms with Crippen LogP contribution in [-0.4, -0.2) is 10.1 Å². The molecule has 0 amide bonds. The van der Waals surface area contributed by atoms with Crippen LogP contribution < -0.4 is 5.73 Å². The monoisotopic (exact) mass is 251 g/mol. The summed E-state index contributed by atoms with van der Waals surface area (Å²) in [6, 6.07) is -0.171. The molecular weight excluding hydrogens is 234 g/mol. The predicted molar refractivity (Wildman–Crippen MR) is 68.7 cm³/mol. The van der Waals surface area contributed by atoms with E-state index < -0.39 is 0 Å². The summed E-state index contributed by atoms with van der Waals surface area (Å²) in [5.74, 6) is 1.68. The molecule has 0 saturated carbocycles. The predicted octanol–water partition coefficient (Wildman–Crippen LogP) is 3.15. The minimum atomic E-state index is -0.171. The molecule has 5 heteroatoms. The third-order valence-corrected chi connectivity index (χ3v) is 3.44. The van der Waals surface area contributed by atoms with Gasteiger partial charge in [0.05, 0.1) is 6.04 Å². The Bertz CT molecular complexity index is 489. The zero-order chi connectivity index (χ0) is 12.4. The number of aromatic nitrogens is 2. The zero-order valence-corrected chi connectivity index (χ0v) is 11.1. The second kappa shape index (κ2) is 4.98. The highest BCUT2D eigenvalue weighted by Crippen LogP contribution is 2.26. The fraction of sp³-hybridized carbons (Fsp3) is 0.500. The van der Waals surface area contributed by atoms with Crippen molar-refractivity contribution >= 4 is 11.3 Å². The standard InChI is InChI=1S/C12H17N3OS/c1-7(2)4-10(13)12-14-11(15-16-12)9-6-17-5-8(9)3/h5-7,10H,4,13H2,1-3H3/t10-/m0/s1. The quantitative estimate of drug-likeness (QED) is 0.906. The number of nitrogens with two attached hydrogens (primary N) is 1. The van der Waals surface area contributed by atoms with Crippen LogP contribution in [0.15, 0.2) is 15.3 Å². The van der Waals surface area contributed by atoms with Gasteiger partial charge in [0, 0.05) is 10.9 Å². The van der Waals surface area contributed by atoms with Gasteiger partial charge in [-0.2, -0.15) is 16.3 Å². The van der Waals surface area contributed by atoms with Gasteiger partial charge in [-0.3, -0.25) is 0 Å². The molecule has 2 aromatic rings. The van der Waals surface area contributed by atoms with E-state index in [2.05, 4.69) is 29.4 Å². The lowest BCUT2D eigenvalue weighted by atomic mass is 10.0. The van der Waals surface area contributed by atoms with Crippen molar-refractivity contribution < 1.29 is 4.52 Å². The van der Waals surface area contributed by atoms with Gasteiger partial charge in [-0.15, -0.1) is 0 Å². The lowest BCUT2D eigenvalue weighted by Crippen LogP contribution is -2.13. The highest BCUT2D eigenvalue weighted by molar-refractivity contribution is 7.08. The third kappa shape index (κ3) is 2.73. The van der Waals surface area contributed by atoms with Crippen molar-refractivity contribution in [3.8, 4) is 11.4 Å². The van der Waals surface area contributed by atoms with Gasteiger partial charge in [0.15, 0.2) is 0 Å². The molecule has 1 atom stereocenters. The molecule has 0 saturated heterocycles. The summed E-state index contributed by atoms with van der Waals surface area (Å²) in [4.78, 5) is 4.37. The van der Waals surface area contributed by atoms with Gasteiger partial charge in [0.2, 0.25) is 11.7 Å². The molecular formula is C12H17N3OS. The zero-order valence-electron chi connectivity index (χ0n) is 10.3. The van der Waals surface area contributed by atoms with Gasteiger partial charge in [-0.05, 0) is 30.2 Å². The molecule has 2 heterocycles. The summed E-state index contributed by atoms with van der Waals surface area (Å²) >= 11 is 1.64. The molecule has 0 aliphatic heterocycles. The Hall–Kier alpha value is -1.20. The Morgan fingerprint density at radius 1 is 1.41 bits per heavy atom. The summed E-state index contributed by atoms with van der Waals surface area (Å²) in [6.07, 6.45) is 0.851. The Labute approximate surface area is 105 Å². The maximum Gasteiger partial charge on any atom is 0.243 e.